The predicted molar refractivity (Wildman–Crippen MR) is 117 cm³/mol. The third kappa shape index (κ3) is 9.80. The first-order valence-corrected chi connectivity index (χ1v) is 11.0. The molecule has 1 fully saturated rings. The topological polar surface area (TPSA) is 78.8 Å². The Bertz CT molecular complexity index is 521. The predicted octanol–water partition coefficient (Wildman–Crippen LogP) is 3.69. The van der Waals surface area contributed by atoms with E-state index in [1.54, 1.807) is 13.1 Å². The number of carbonyl (C=O) groups excluding carboxylic acids is 1. The molecule has 0 aliphatic heterocycles. The van der Waals surface area contributed by atoms with Crippen LogP contribution in [-0.4, -0.2) is 47.0 Å². The van der Waals surface area contributed by atoms with Gasteiger partial charge >= 0.3 is 0 Å². The van der Waals surface area contributed by atoms with Crippen molar-refractivity contribution in [3.05, 3.63) is 24.3 Å². The van der Waals surface area contributed by atoms with E-state index >= 15 is 0 Å². The second-order valence-electron chi connectivity index (χ2n) is 7.46. The summed E-state index contributed by atoms with van der Waals surface area (Å²) in [5.41, 5.74) is 0. The van der Waals surface area contributed by atoms with E-state index < -0.39 is 12.2 Å². The molecule has 0 amide bonds. The molecular formula is C22H37NO4S. The second-order valence-corrected chi connectivity index (χ2v) is 7.83. The Morgan fingerprint density at radius 3 is 2.82 bits per heavy atom. The standard InChI is InChI=1S/C22H37NO4S/c1-3-4-8-11-17(24)13-14-19-18(20(25)16-21(19)26)12-9-6-5-7-10-15-27-22(28)23-2/h6,9,13-14,17-19,21,24,26H,3-5,7-8,10-12,15-16H2,1-2H3,(H,23,28)/t17-,18+,19+,21+/m0/s1. The van der Waals surface area contributed by atoms with Gasteiger partial charge < -0.3 is 20.3 Å². The highest BCUT2D eigenvalue weighted by Crippen LogP contribution is 2.33. The number of unbranched alkanes of at least 4 members (excludes halogenated alkanes) is 4. The van der Waals surface area contributed by atoms with Crippen molar-refractivity contribution in [1.29, 1.82) is 0 Å². The molecule has 28 heavy (non-hydrogen) atoms. The maximum atomic E-state index is 12.2. The molecule has 0 aromatic heterocycles. The molecule has 0 unspecified atom stereocenters. The second kappa shape index (κ2) is 14.7. The number of nitrogens with one attached hydrogen (secondary N) is 1. The summed E-state index contributed by atoms with van der Waals surface area (Å²) in [7, 11) is 1.74. The molecule has 1 aliphatic rings. The molecule has 4 atom stereocenters. The quantitative estimate of drug-likeness (QED) is 0.244. The molecule has 1 aliphatic carbocycles. The number of hydrogen-bond acceptors (Lipinski definition) is 5. The molecule has 0 aromatic rings. The number of aliphatic hydroxyl groups is 2. The third-order valence-electron chi connectivity index (χ3n) is 5.15. The molecule has 0 radical (unpaired) electrons. The van der Waals surface area contributed by atoms with Gasteiger partial charge in [0.1, 0.15) is 5.78 Å². The van der Waals surface area contributed by atoms with Gasteiger partial charge in [-0.05, 0) is 44.3 Å². The van der Waals surface area contributed by atoms with Gasteiger partial charge in [-0.3, -0.25) is 4.79 Å². The van der Waals surface area contributed by atoms with E-state index in [2.05, 4.69) is 18.3 Å². The summed E-state index contributed by atoms with van der Waals surface area (Å²) in [6.45, 7) is 2.74. The van der Waals surface area contributed by atoms with Crippen LogP contribution in [0.4, 0.5) is 0 Å². The summed E-state index contributed by atoms with van der Waals surface area (Å²) in [5, 5.41) is 23.5. The molecule has 6 heteroatoms. The lowest BCUT2D eigenvalue weighted by Gasteiger charge is -2.16. The fraction of sp³-hybridized carbons (Fsp3) is 0.727. The SMILES string of the molecule is CCCCC[C@H](O)C=C[C@H]1[C@H](O)CC(=O)[C@@H]1CC=CCCCCOC(=S)NC. The molecule has 0 bridgehead atoms. The fourth-order valence-corrected chi connectivity index (χ4v) is 3.53. The van der Waals surface area contributed by atoms with Crippen molar-refractivity contribution < 1.29 is 19.7 Å². The highest BCUT2D eigenvalue weighted by atomic mass is 32.1. The zero-order valence-electron chi connectivity index (χ0n) is 17.3. The van der Waals surface area contributed by atoms with E-state index in [9.17, 15) is 15.0 Å². The molecule has 5 nitrogen and oxygen atoms in total. The lowest BCUT2D eigenvalue weighted by atomic mass is 9.90. The molecule has 160 valence electrons. The molecule has 0 aromatic carbocycles. The first-order valence-electron chi connectivity index (χ1n) is 10.6. The summed E-state index contributed by atoms with van der Waals surface area (Å²) < 4.78 is 5.29. The van der Waals surface area contributed by atoms with Crippen molar-refractivity contribution in [2.75, 3.05) is 13.7 Å². The first kappa shape index (κ1) is 24.8. The number of hydrogen-bond donors (Lipinski definition) is 3. The van der Waals surface area contributed by atoms with Gasteiger partial charge in [-0.1, -0.05) is 50.5 Å². The van der Waals surface area contributed by atoms with E-state index in [0.29, 0.717) is 18.2 Å². The lowest BCUT2D eigenvalue weighted by molar-refractivity contribution is -0.121. The van der Waals surface area contributed by atoms with Gasteiger partial charge in [-0.2, -0.15) is 0 Å². The van der Waals surface area contributed by atoms with Crippen LogP contribution < -0.4 is 5.32 Å². The number of ether oxygens (including phenoxy) is 1. The van der Waals surface area contributed by atoms with Crippen LogP contribution in [0.25, 0.3) is 0 Å². The maximum absolute atomic E-state index is 12.2. The van der Waals surface area contributed by atoms with Crippen LogP contribution in [0.15, 0.2) is 24.3 Å². The summed E-state index contributed by atoms with van der Waals surface area (Å²) in [6.07, 6.45) is 14.3. The Hall–Kier alpha value is -1.24. The molecule has 1 rings (SSSR count). The van der Waals surface area contributed by atoms with Gasteiger partial charge in [-0.15, -0.1) is 0 Å². The van der Waals surface area contributed by atoms with Crippen LogP contribution >= 0.6 is 12.2 Å². The highest BCUT2D eigenvalue weighted by molar-refractivity contribution is 7.80. The molecule has 3 N–H and O–H groups in total. The Balaban J connectivity index is 2.36. The van der Waals surface area contributed by atoms with Gasteiger partial charge in [0.2, 0.25) is 0 Å². The smallest absolute Gasteiger partial charge is 0.256 e. The number of Topliss-reactive ketones (excluding diaryl/α,β-unsaturated/α-hetero) is 1. The number of thiocarbonyl (C=S) groups is 1. The minimum absolute atomic E-state index is 0.112. The first-order chi connectivity index (χ1) is 13.5. The molecule has 1 saturated carbocycles. The van der Waals surface area contributed by atoms with E-state index in [0.717, 1.165) is 44.9 Å². The Kier molecular flexibility index (Phi) is 13.0. The fourth-order valence-electron chi connectivity index (χ4n) is 3.45. The van der Waals surface area contributed by atoms with Crippen molar-refractivity contribution in [3.8, 4) is 0 Å². The highest BCUT2D eigenvalue weighted by Gasteiger charge is 2.39. The zero-order valence-corrected chi connectivity index (χ0v) is 18.1. The molecule has 0 saturated heterocycles. The van der Waals surface area contributed by atoms with Crippen LogP contribution in [0.5, 0.6) is 0 Å². The summed E-state index contributed by atoms with van der Waals surface area (Å²) >= 11 is 4.91. The maximum Gasteiger partial charge on any atom is 0.256 e. The number of rotatable bonds is 13. The average molecular weight is 412 g/mol. The summed E-state index contributed by atoms with van der Waals surface area (Å²) in [6, 6.07) is 0. The van der Waals surface area contributed by atoms with Gasteiger partial charge in [0.05, 0.1) is 18.8 Å². The summed E-state index contributed by atoms with van der Waals surface area (Å²) in [4.78, 5) is 12.2. The van der Waals surface area contributed by atoms with Crippen molar-refractivity contribution in [2.24, 2.45) is 11.8 Å². The van der Waals surface area contributed by atoms with Crippen LogP contribution in [0, 0.1) is 11.8 Å². The van der Waals surface area contributed by atoms with Crippen molar-refractivity contribution >= 4 is 23.2 Å². The Labute approximate surface area is 175 Å². The van der Waals surface area contributed by atoms with Gasteiger partial charge in [0.25, 0.3) is 5.17 Å². The van der Waals surface area contributed by atoms with E-state index in [1.807, 2.05) is 12.2 Å². The van der Waals surface area contributed by atoms with Gasteiger partial charge in [0, 0.05) is 25.3 Å². The normalized spacial score (nSPS) is 23.6. The zero-order chi connectivity index (χ0) is 20.8. The average Bonchev–Trinajstić information content (AvgIpc) is 2.94. The van der Waals surface area contributed by atoms with Crippen LogP contribution in [-0.2, 0) is 9.53 Å². The minimum Gasteiger partial charge on any atom is -0.471 e. The van der Waals surface area contributed by atoms with Crippen LogP contribution in [0.3, 0.4) is 0 Å². The number of carbonyl (C=O) groups is 1. The molecule has 0 heterocycles. The van der Waals surface area contributed by atoms with Crippen LogP contribution in [0.1, 0.15) is 64.7 Å². The minimum atomic E-state index is -0.641. The monoisotopic (exact) mass is 411 g/mol. The molecular weight excluding hydrogens is 374 g/mol. The number of ketones is 1. The van der Waals surface area contributed by atoms with E-state index in [1.165, 1.54) is 0 Å². The van der Waals surface area contributed by atoms with Gasteiger partial charge in [0.15, 0.2) is 0 Å². The van der Waals surface area contributed by atoms with E-state index in [-0.39, 0.29) is 24.0 Å². The largest absolute Gasteiger partial charge is 0.471 e. The van der Waals surface area contributed by atoms with Crippen LogP contribution in [0.2, 0.25) is 0 Å². The summed E-state index contributed by atoms with van der Waals surface area (Å²) in [5.74, 6) is -0.281. The van der Waals surface area contributed by atoms with Gasteiger partial charge in [-0.25, -0.2) is 0 Å². The van der Waals surface area contributed by atoms with Crippen molar-refractivity contribution in [3.63, 3.8) is 0 Å². The lowest BCUT2D eigenvalue weighted by Crippen LogP contribution is -2.19. The van der Waals surface area contributed by atoms with Crippen molar-refractivity contribution in [2.45, 2.75) is 76.9 Å². The number of allylic oxidation sites excluding steroid dienone is 2. The Morgan fingerprint density at radius 2 is 2.11 bits per heavy atom. The van der Waals surface area contributed by atoms with Crippen molar-refractivity contribution in [1.82, 2.24) is 5.32 Å². The molecule has 0 spiro atoms. The Morgan fingerprint density at radius 1 is 1.32 bits per heavy atom. The third-order valence-corrected chi connectivity index (χ3v) is 5.47. The number of aliphatic hydroxyl groups excluding tert-OH is 2. The van der Waals surface area contributed by atoms with E-state index in [4.69, 9.17) is 17.0 Å².